The van der Waals surface area contributed by atoms with Crippen LogP contribution < -0.4 is 5.32 Å². The van der Waals surface area contributed by atoms with Crippen molar-refractivity contribution in [3.63, 3.8) is 0 Å². The van der Waals surface area contributed by atoms with E-state index in [9.17, 15) is 4.79 Å². The third-order valence-electron chi connectivity index (χ3n) is 4.88. The maximum atomic E-state index is 12.6. The highest BCUT2D eigenvalue weighted by molar-refractivity contribution is 7.13. The summed E-state index contributed by atoms with van der Waals surface area (Å²) in [6.07, 6.45) is 4.50. The van der Waals surface area contributed by atoms with Crippen molar-refractivity contribution < 1.29 is 4.79 Å². The summed E-state index contributed by atoms with van der Waals surface area (Å²) in [5.41, 5.74) is 1.31. The van der Waals surface area contributed by atoms with Crippen LogP contribution >= 0.6 is 11.3 Å². The fourth-order valence-electron chi connectivity index (χ4n) is 3.34. The summed E-state index contributed by atoms with van der Waals surface area (Å²) in [7, 11) is 4.16. The second-order valence-electron chi connectivity index (χ2n) is 7.20. The van der Waals surface area contributed by atoms with Crippen molar-refractivity contribution in [3.05, 3.63) is 42.0 Å². The molecular weight excluding hydrogens is 386 g/mol. The number of rotatable bonds is 6. The molecule has 1 saturated heterocycles. The lowest BCUT2D eigenvalue weighted by atomic mass is 10.2. The molecule has 4 rings (SSSR count). The molecule has 0 saturated carbocycles. The van der Waals surface area contributed by atoms with E-state index in [1.807, 2.05) is 23.6 Å². The molecule has 1 aliphatic heterocycles. The van der Waals surface area contributed by atoms with Gasteiger partial charge in [0.1, 0.15) is 22.2 Å². The zero-order valence-electron chi connectivity index (χ0n) is 16.4. The lowest BCUT2D eigenvalue weighted by molar-refractivity contribution is -0.117. The predicted octanol–water partition coefficient (Wildman–Crippen LogP) is 2.24. The van der Waals surface area contributed by atoms with Crippen molar-refractivity contribution >= 4 is 23.1 Å². The number of hydrogen-bond acceptors (Lipinski definition) is 8. The van der Waals surface area contributed by atoms with Crippen LogP contribution in [-0.2, 0) is 4.79 Å². The maximum Gasteiger partial charge on any atom is 0.239 e. The minimum Gasteiger partial charge on any atom is -0.309 e. The molecule has 1 amide bonds. The molecule has 9 heteroatoms. The van der Waals surface area contributed by atoms with Gasteiger partial charge in [-0.25, -0.2) is 15.0 Å². The minimum atomic E-state index is -0.0832. The molecule has 0 unspecified atom stereocenters. The molecule has 29 heavy (non-hydrogen) atoms. The first-order valence-corrected chi connectivity index (χ1v) is 10.4. The average molecular weight is 410 g/mol. The number of thiazole rings is 1. The summed E-state index contributed by atoms with van der Waals surface area (Å²) in [5.74, 6) is 0.835. The van der Waals surface area contributed by atoms with Crippen molar-refractivity contribution in [2.75, 3.05) is 39.0 Å². The monoisotopic (exact) mass is 409 g/mol. The Hall–Kier alpha value is -2.75. The Morgan fingerprint density at radius 1 is 1.24 bits per heavy atom. The van der Waals surface area contributed by atoms with E-state index in [4.69, 9.17) is 0 Å². The second kappa shape index (κ2) is 8.73. The van der Waals surface area contributed by atoms with Crippen LogP contribution in [0.5, 0.6) is 0 Å². The van der Waals surface area contributed by atoms with Gasteiger partial charge in [-0.2, -0.15) is 0 Å². The lowest BCUT2D eigenvalue weighted by Crippen LogP contribution is -2.35. The first-order valence-electron chi connectivity index (χ1n) is 9.47. The van der Waals surface area contributed by atoms with E-state index in [1.54, 1.807) is 18.5 Å². The third kappa shape index (κ3) is 4.81. The number of pyridine rings is 1. The first-order chi connectivity index (χ1) is 14.1. The Bertz CT molecular complexity index is 962. The normalized spacial score (nSPS) is 17.0. The zero-order chi connectivity index (χ0) is 20.2. The van der Waals surface area contributed by atoms with Gasteiger partial charge in [0.15, 0.2) is 5.82 Å². The molecule has 8 nitrogen and oxygen atoms in total. The number of anilines is 1. The van der Waals surface area contributed by atoms with Gasteiger partial charge in [0, 0.05) is 43.0 Å². The molecule has 1 fully saturated rings. The molecule has 3 aromatic heterocycles. The molecule has 0 aliphatic carbocycles. The topological polar surface area (TPSA) is 87.1 Å². The Morgan fingerprint density at radius 2 is 2.14 bits per heavy atom. The largest absolute Gasteiger partial charge is 0.309 e. The predicted molar refractivity (Wildman–Crippen MR) is 114 cm³/mol. The van der Waals surface area contributed by atoms with Crippen LogP contribution in [0.25, 0.3) is 22.2 Å². The van der Waals surface area contributed by atoms with E-state index in [1.165, 1.54) is 11.3 Å². The highest BCUT2D eigenvalue weighted by Gasteiger charge is 2.25. The van der Waals surface area contributed by atoms with Crippen molar-refractivity contribution in [3.8, 4) is 22.2 Å². The smallest absolute Gasteiger partial charge is 0.239 e. The SMILES string of the molecule is CN(C)[C@@H]1CCN(CC(=O)Nc2cc(-c3nccs3)nc(-c3ccccn3)n2)C1. The fourth-order valence-corrected chi connectivity index (χ4v) is 3.94. The first kappa shape index (κ1) is 19.6. The number of likely N-dealkylation sites (N-methyl/N-ethyl adjacent to an activating group) is 1. The minimum absolute atomic E-state index is 0.0832. The van der Waals surface area contributed by atoms with Gasteiger partial charge < -0.3 is 10.2 Å². The van der Waals surface area contributed by atoms with Gasteiger partial charge in [0.25, 0.3) is 0 Å². The molecule has 1 N–H and O–H groups in total. The van der Waals surface area contributed by atoms with Crippen molar-refractivity contribution in [2.24, 2.45) is 0 Å². The molecule has 150 valence electrons. The van der Waals surface area contributed by atoms with Crippen LogP contribution in [0, 0.1) is 0 Å². The molecule has 1 atom stereocenters. The van der Waals surface area contributed by atoms with Crippen molar-refractivity contribution in [1.82, 2.24) is 29.7 Å². The van der Waals surface area contributed by atoms with E-state index >= 15 is 0 Å². The zero-order valence-corrected chi connectivity index (χ0v) is 17.3. The quantitative estimate of drug-likeness (QED) is 0.668. The number of likely N-dealkylation sites (tertiary alicyclic amines) is 1. The number of amides is 1. The Labute approximate surface area is 173 Å². The summed E-state index contributed by atoms with van der Waals surface area (Å²) >= 11 is 1.49. The van der Waals surface area contributed by atoms with Crippen molar-refractivity contribution in [2.45, 2.75) is 12.5 Å². The van der Waals surface area contributed by atoms with E-state index < -0.39 is 0 Å². The van der Waals surface area contributed by atoms with Gasteiger partial charge in [-0.1, -0.05) is 6.07 Å². The second-order valence-corrected chi connectivity index (χ2v) is 8.10. The molecule has 1 aliphatic rings. The molecule has 3 aromatic rings. The summed E-state index contributed by atoms with van der Waals surface area (Å²) in [6, 6.07) is 7.82. The van der Waals surface area contributed by atoms with Gasteiger partial charge in [-0.05, 0) is 32.6 Å². The fraction of sp³-hybridized carbons (Fsp3) is 0.350. The van der Waals surface area contributed by atoms with Gasteiger partial charge in [-0.15, -0.1) is 11.3 Å². The van der Waals surface area contributed by atoms with Gasteiger partial charge in [0.2, 0.25) is 5.91 Å². The van der Waals surface area contributed by atoms with Gasteiger partial charge >= 0.3 is 0 Å². The third-order valence-corrected chi connectivity index (χ3v) is 5.68. The molecular formula is C20H23N7OS. The van der Waals surface area contributed by atoms with E-state index in [0.717, 1.165) is 24.5 Å². The Balaban J connectivity index is 1.53. The standard InChI is InChI=1S/C20H23N7OS/c1-26(2)14-6-9-27(12-14)13-18(28)24-17-11-16(20-22-8-10-29-20)23-19(25-17)15-5-3-4-7-21-15/h3-5,7-8,10-11,14H,6,9,12-13H2,1-2H3,(H,23,24,25,28)/t14-/m1/s1. The average Bonchev–Trinajstić information content (AvgIpc) is 3.40. The van der Waals surface area contributed by atoms with Crippen LogP contribution in [-0.4, -0.2) is 75.4 Å². The molecule has 0 radical (unpaired) electrons. The van der Waals surface area contributed by atoms with Crippen LogP contribution in [0.2, 0.25) is 0 Å². The summed E-state index contributed by atoms with van der Waals surface area (Å²) in [4.78, 5) is 34.8. The molecule has 0 aromatic carbocycles. The number of aromatic nitrogens is 4. The number of nitrogens with zero attached hydrogens (tertiary/aromatic N) is 6. The Kier molecular flexibility index (Phi) is 5.89. The molecule has 0 bridgehead atoms. The van der Waals surface area contributed by atoms with Gasteiger partial charge in [0.05, 0.1) is 6.54 Å². The van der Waals surface area contributed by atoms with Crippen LogP contribution in [0.3, 0.4) is 0 Å². The molecule has 0 spiro atoms. The van der Waals surface area contributed by atoms with E-state index in [-0.39, 0.29) is 5.91 Å². The number of carbonyl (C=O) groups excluding carboxylic acids is 1. The summed E-state index contributed by atoms with van der Waals surface area (Å²) in [6.45, 7) is 2.16. The van der Waals surface area contributed by atoms with Gasteiger partial charge in [-0.3, -0.25) is 14.7 Å². The van der Waals surface area contributed by atoms with E-state index in [2.05, 4.69) is 49.1 Å². The Morgan fingerprint density at radius 3 is 2.83 bits per heavy atom. The van der Waals surface area contributed by atoms with Crippen molar-refractivity contribution in [1.29, 1.82) is 0 Å². The lowest BCUT2D eigenvalue weighted by Gasteiger charge is -2.20. The van der Waals surface area contributed by atoms with Crippen LogP contribution in [0.4, 0.5) is 5.82 Å². The maximum absolute atomic E-state index is 12.6. The highest BCUT2D eigenvalue weighted by Crippen LogP contribution is 2.25. The van der Waals surface area contributed by atoms with E-state index in [0.29, 0.717) is 35.6 Å². The van der Waals surface area contributed by atoms with Crippen LogP contribution in [0.1, 0.15) is 6.42 Å². The molecule has 4 heterocycles. The summed E-state index contributed by atoms with van der Waals surface area (Å²) in [5, 5.41) is 5.59. The number of nitrogens with one attached hydrogen (secondary N) is 1. The number of carbonyl (C=O) groups is 1. The summed E-state index contributed by atoms with van der Waals surface area (Å²) < 4.78 is 0. The van der Waals surface area contributed by atoms with Crippen LogP contribution in [0.15, 0.2) is 42.0 Å². The number of hydrogen-bond donors (Lipinski definition) is 1. The highest BCUT2D eigenvalue weighted by atomic mass is 32.1.